The van der Waals surface area contributed by atoms with Crippen LogP contribution in [0.1, 0.15) is 0 Å². The fraction of sp³-hybridized carbons (Fsp3) is 0.714. The molecule has 3 N–H and O–H groups in total. The quantitative estimate of drug-likeness (QED) is 0.350. The van der Waals surface area contributed by atoms with Crippen LogP contribution in [0.4, 0.5) is 0 Å². The Hall–Kier alpha value is -0.990. The van der Waals surface area contributed by atoms with Crippen molar-refractivity contribution in [2.75, 3.05) is 26.4 Å². The number of ether oxygens (including phenoxy) is 2. The van der Waals surface area contributed by atoms with Crippen molar-refractivity contribution in [3.63, 3.8) is 0 Å². The fourth-order valence-corrected chi connectivity index (χ4v) is 1.50. The van der Waals surface area contributed by atoms with E-state index in [2.05, 4.69) is 18.5 Å². The predicted octanol–water partition coefficient (Wildman–Crippen LogP) is -1.21. The number of hydrogen-bond donors (Lipinski definition) is 2. The van der Waals surface area contributed by atoms with Gasteiger partial charge in [0.05, 0.1) is 13.2 Å². The molecule has 0 saturated carbocycles. The molecule has 0 fully saturated rings. The van der Waals surface area contributed by atoms with Crippen LogP contribution in [0.2, 0.25) is 0 Å². The van der Waals surface area contributed by atoms with Gasteiger partial charge in [0, 0.05) is 6.54 Å². The minimum Gasteiger partial charge on any atom is -0.464 e. The summed E-state index contributed by atoms with van der Waals surface area (Å²) in [5.41, 5.74) is 5.06. The van der Waals surface area contributed by atoms with Crippen molar-refractivity contribution in [3.05, 3.63) is 0 Å². The molecule has 0 heterocycles. The van der Waals surface area contributed by atoms with Gasteiger partial charge >= 0.3 is 7.82 Å². The molecule has 100 valence electrons. The Morgan fingerprint density at radius 2 is 1.94 bits per heavy atom. The Kier molecular flexibility index (Phi) is 8.55. The van der Waals surface area contributed by atoms with Gasteiger partial charge in [-0.05, 0) is 0 Å². The monoisotopic (exact) mass is 271 g/mol. The van der Waals surface area contributed by atoms with E-state index in [9.17, 15) is 14.2 Å². The van der Waals surface area contributed by atoms with Gasteiger partial charge in [0.25, 0.3) is 12.9 Å². The first-order chi connectivity index (χ1) is 8.05. The first kappa shape index (κ1) is 16.0. The second-order valence-corrected chi connectivity index (χ2v) is 4.12. The minimum absolute atomic E-state index is 0.0520. The van der Waals surface area contributed by atoms with E-state index in [0.717, 1.165) is 0 Å². The second-order valence-electron chi connectivity index (χ2n) is 2.67. The van der Waals surface area contributed by atoms with Crippen LogP contribution in [-0.2, 0) is 32.7 Å². The van der Waals surface area contributed by atoms with E-state index < -0.39 is 20.5 Å². The number of carbonyl (C=O) groups is 2. The predicted molar refractivity (Wildman–Crippen MR) is 53.7 cm³/mol. The number of phosphoric ester groups is 1. The smallest absolute Gasteiger partial charge is 0.464 e. The molecule has 0 aliphatic heterocycles. The SMILES string of the molecule is NCCOP(=O)(O)OCC(COC=O)OC=O. The highest BCUT2D eigenvalue weighted by Crippen LogP contribution is 2.42. The zero-order valence-electron chi connectivity index (χ0n) is 8.89. The van der Waals surface area contributed by atoms with E-state index in [0.29, 0.717) is 0 Å². The summed E-state index contributed by atoms with van der Waals surface area (Å²) in [6, 6.07) is 0. The molecule has 17 heavy (non-hydrogen) atoms. The van der Waals surface area contributed by atoms with Crippen LogP contribution in [-0.4, -0.2) is 50.3 Å². The summed E-state index contributed by atoms with van der Waals surface area (Å²) in [6.45, 7) is -0.603. The molecule has 0 aromatic heterocycles. The maximum atomic E-state index is 11.2. The van der Waals surface area contributed by atoms with Crippen molar-refractivity contribution < 1.29 is 37.6 Å². The fourth-order valence-electron chi connectivity index (χ4n) is 0.735. The molecule has 9 nitrogen and oxygen atoms in total. The lowest BCUT2D eigenvalue weighted by atomic mass is 10.4. The van der Waals surface area contributed by atoms with Gasteiger partial charge in [-0.3, -0.25) is 18.6 Å². The normalized spacial score (nSPS) is 15.6. The molecular formula is C7H14NO8P. The Morgan fingerprint density at radius 1 is 1.24 bits per heavy atom. The van der Waals surface area contributed by atoms with E-state index in [1.165, 1.54) is 0 Å². The van der Waals surface area contributed by atoms with Crippen LogP contribution < -0.4 is 5.73 Å². The third-order valence-electron chi connectivity index (χ3n) is 1.39. The average molecular weight is 271 g/mol. The summed E-state index contributed by atoms with van der Waals surface area (Å²) in [5.74, 6) is 0. The summed E-state index contributed by atoms with van der Waals surface area (Å²) in [4.78, 5) is 29.1. The molecule has 0 radical (unpaired) electrons. The van der Waals surface area contributed by atoms with Crippen molar-refractivity contribution in [2.24, 2.45) is 5.73 Å². The van der Waals surface area contributed by atoms with Crippen LogP contribution in [0.15, 0.2) is 0 Å². The number of nitrogens with two attached hydrogens (primary N) is 1. The Labute approximate surface area is 97.4 Å². The topological polar surface area (TPSA) is 134 Å². The summed E-state index contributed by atoms with van der Waals surface area (Å²) in [7, 11) is -4.24. The highest BCUT2D eigenvalue weighted by atomic mass is 31.2. The van der Waals surface area contributed by atoms with Crippen molar-refractivity contribution in [2.45, 2.75) is 6.10 Å². The summed E-state index contributed by atoms with van der Waals surface area (Å²) in [6.07, 6.45) is -0.986. The number of hydrogen-bond acceptors (Lipinski definition) is 8. The lowest BCUT2D eigenvalue weighted by Gasteiger charge is -2.16. The average Bonchev–Trinajstić information content (AvgIpc) is 2.30. The van der Waals surface area contributed by atoms with E-state index in [4.69, 9.17) is 10.6 Å². The Morgan fingerprint density at radius 3 is 2.47 bits per heavy atom. The van der Waals surface area contributed by atoms with Crippen molar-refractivity contribution in [3.8, 4) is 0 Å². The van der Waals surface area contributed by atoms with E-state index in [1.54, 1.807) is 0 Å². The van der Waals surface area contributed by atoms with Crippen LogP contribution in [0.5, 0.6) is 0 Å². The molecule has 2 unspecified atom stereocenters. The van der Waals surface area contributed by atoms with Gasteiger partial charge in [-0.2, -0.15) is 0 Å². The zero-order chi connectivity index (χ0) is 13.1. The molecule has 2 atom stereocenters. The second kappa shape index (κ2) is 9.08. The minimum atomic E-state index is -4.24. The van der Waals surface area contributed by atoms with Gasteiger partial charge in [0.1, 0.15) is 6.61 Å². The summed E-state index contributed by atoms with van der Waals surface area (Å²) >= 11 is 0. The van der Waals surface area contributed by atoms with Crippen LogP contribution in [0, 0.1) is 0 Å². The molecule has 0 aromatic carbocycles. The van der Waals surface area contributed by atoms with Crippen LogP contribution in [0.3, 0.4) is 0 Å². The van der Waals surface area contributed by atoms with Crippen molar-refractivity contribution >= 4 is 20.8 Å². The zero-order valence-corrected chi connectivity index (χ0v) is 9.78. The van der Waals surface area contributed by atoms with E-state index >= 15 is 0 Å². The standard InChI is InChI=1S/C7H14NO8P/c8-1-2-15-17(11,12)16-4-7(14-6-10)3-13-5-9/h5-7H,1-4,8H2,(H,11,12). The largest absolute Gasteiger partial charge is 0.472 e. The molecule has 0 spiro atoms. The summed E-state index contributed by atoms with van der Waals surface area (Å²) < 4.78 is 28.8. The van der Waals surface area contributed by atoms with Crippen molar-refractivity contribution in [1.29, 1.82) is 0 Å². The lowest BCUT2D eigenvalue weighted by molar-refractivity contribution is -0.144. The Balaban J connectivity index is 4.04. The number of rotatable bonds is 11. The summed E-state index contributed by atoms with van der Waals surface area (Å²) in [5, 5.41) is 0. The molecule has 10 heteroatoms. The molecule has 0 rings (SSSR count). The third-order valence-corrected chi connectivity index (χ3v) is 2.38. The molecule has 0 bridgehead atoms. The molecule has 0 amide bonds. The lowest BCUT2D eigenvalue weighted by Crippen LogP contribution is -2.25. The van der Waals surface area contributed by atoms with Crippen LogP contribution in [0.25, 0.3) is 0 Å². The van der Waals surface area contributed by atoms with Gasteiger partial charge in [-0.1, -0.05) is 0 Å². The maximum absolute atomic E-state index is 11.2. The number of carbonyl (C=O) groups excluding carboxylic acids is 2. The van der Waals surface area contributed by atoms with E-state index in [-0.39, 0.29) is 32.7 Å². The van der Waals surface area contributed by atoms with Crippen LogP contribution >= 0.6 is 7.82 Å². The molecule has 0 saturated heterocycles. The third kappa shape index (κ3) is 8.78. The molecular weight excluding hydrogens is 257 g/mol. The highest BCUT2D eigenvalue weighted by molar-refractivity contribution is 7.47. The maximum Gasteiger partial charge on any atom is 0.472 e. The van der Waals surface area contributed by atoms with Gasteiger partial charge in [-0.15, -0.1) is 0 Å². The first-order valence-corrected chi connectivity index (χ1v) is 6.01. The van der Waals surface area contributed by atoms with Gasteiger partial charge in [-0.25, -0.2) is 4.57 Å². The number of phosphoric acid groups is 1. The van der Waals surface area contributed by atoms with E-state index in [1.807, 2.05) is 0 Å². The first-order valence-electron chi connectivity index (χ1n) is 4.52. The van der Waals surface area contributed by atoms with Gasteiger partial charge < -0.3 is 20.1 Å². The van der Waals surface area contributed by atoms with Gasteiger partial charge in [0.15, 0.2) is 6.10 Å². The highest BCUT2D eigenvalue weighted by Gasteiger charge is 2.23. The molecule has 0 aliphatic rings. The van der Waals surface area contributed by atoms with Crippen molar-refractivity contribution in [1.82, 2.24) is 0 Å². The Bertz CT molecular complexity index is 273. The molecule has 0 aliphatic carbocycles. The van der Waals surface area contributed by atoms with Gasteiger partial charge in [0.2, 0.25) is 0 Å². The molecule has 0 aromatic rings.